The maximum absolute atomic E-state index is 10.9. The lowest BCUT2D eigenvalue weighted by atomic mass is 10.2. The molecule has 1 aliphatic carbocycles. The first kappa shape index (κ1) is 10.1. The van der Waals surface area contributed by atoms with Crippen LogP contribution < -0.4 is 0 Å². The van der Waals surface area contributed by atoms with Crippen LogP contribution in [0.15, 0.2) is 0 Å². The monoisotopic (exact) mass is 211 g/mol. The molecule has 1 fully saturated rings. The van der Waals surface area contributed by atoms with E-state index >= 15 is 0 Å². The highest BCUT2D eigenvalue weighted by Gasteiger charge is 2.33. The van der Waals surface area contributed by atoms with Gasteiger partial charge < -0.3 is 10.2 Å². The molecule has 82 valence electrons. The maximum atomic E-state index is 10.9. The summed E-state index contributed by atoms with van der Waals surface area (Å²) >= 11 is 0. The van der Waals surface area contributed by atoms with E-state index in [0.29, 0.717) is 12.2 Å². The molecule has 6 nitrogen and oxygen atoms in total. The molecule has 0 amide bonds. The van der Waals surface area contributed by atoms with Crippen molar-refractivity contribution in [1.29, 1.82) is 0 Å². The number of hydrogen-bond donors (Lipinski definition) is 2. The van der Waals surface area contributed by atoms with Crippen molar-refractivity contribution in [2.24, 2.45) is 0 Å². The predicted octanol–water partition coefficient (Wildman–Crippen LogP) is 0.234. The largest absolute Gasteiger partial charge is 0.476 e. The minimum Gasteiger partial charge on any atom is -0.476 e. The fourth-order valence-electron chi connectivity index (χ4n) is 1.62. The Kier molecular flexibility index (Phi) is 2.44. The minimum absolute atomic E-state index is 0.0261. The normalized spacial score (nSPS) is 17.7. The van der Waals surface area contributed by atoms with Crippen LogP contribution in [0.3, 0.4) is 0 Å². The molecule has 0 saturated heterocycles. The average molecular weight is 211 g/mol. The van der Waals surface area contributed by atoms with E-state index in [2.05, 4.69) is 10.3 Å². The van der Waals surface area contributed by atoms with Gasteiger partial charge >= 0.3 is 5.97 Å². The van der Waals surface area contributed by atoms with Gasteiger partial charge in [-0.2, -0.15) is 0 Å². The van der Waals surface area contributed by atoms with Crippen LogP contribution in [0.5, 0.6) is 0 Å². The van der Waals surface area contributed by atoms with Crippen LogP contribution in [0.25, 0.3) is 0 Å². The van der Waals surface area contributed by atoms with Crippen LogP contribution in [-0.4, -0.2) is 37.3 Å². The number of carboxylic acids is 1. The highest BCUT2D eigenvalue weighted by molar-refractivity contribution is 5.86. The van der Waals surface area contributed by atoms with Crippen molar-refractivity contribution in [3.8, 4) is 0 Å². The summed E-state index contributed by atoms with van der Waals surface area (Å²) in [6.07, 6.45) is 1.41. The Hall–Kier alpha value is -1.43. The zero-order valence-electron chi connectivity index (χ0n) is 8.42. The van der Waals surface area contributed by atoms with Crippen LogP contribution in [0, 0.1) is 0 Å². The van der Waals surface area contributed by atoms with Gasteiger partial charge in [0.2, 0.25) is 0 Å². The van der Waals surface area contributed by atoms with E-state index in [4.69, 9.17) is 5.11 Å². The molecule has 1 aromatic rings. The third-order valence-corrected chi connectivity index (χ3v) is 2.38. The second-order valence-electron chi connectivity index (χ2n) is 3.93. The molecule has 0 aliphatic heterocycles. The van der Waals surface area contributed by atoms with Gasteiger partial charge in [0, 0.05) is 5.92 Å². The number of hydrogen-bond acceptors (Lipinski definition) is 4. The van der Waals surface area contributed by atoms with Crippen LogP contribution in [0.4, 0.5) is 0 Å². The van der Waals surface area contributed by atoms with Crippen LogP contribution in [-0.2, 0) is 6.54 Å². The van der Waals surface area contributed by atoms with Gasteiger partial charge in [-0.1, -0.05) is 5.21 Å². The second kappa shape index (κ2) is 3.62. The van der Waals surface area contributed by atoms with Crippen molar-refractivity contribution in [3.05, 3.63) is 11.4 Å². The van der Waals surface area contributed by atoms with Crippen LogP contribution >= 0.6 is 0 Å². The highest BCUT2D eigenvalue weighted by Crippen LogP contribution is 2.41. The lowest BCUT2D eigenvalue weighted by Gasteiger charge is -2.07. The molecule has 0 bridgehead atoms. The number of aliphatic hydroxyl groups excluding tert-OH is 1. The quantitative estimate of drug-likeness (QED) is 0.744. The van der Waals surface area contributed by atoms with Crippen molar-refractivity contribution in [1.82, 2.24) is 15.0 Å². The molecule has 2 N–H and O–H groups in total. The van der Waals surface area contributed by atoms with Gasteiger partial charge in [-0.25, -0.2) is 9.48 Å². The van der Waals surface area contributed by atoms with Gasteiger partial charge in [-0.05, 0) is 19.8 Å². The Bertz CT molecular complexity index is 382. The Balaban J connectivity index is 2.33. The molecule has 0 spiro atoms. The van der Waals surface area contributed by atoms with Crippen molar-refractivity contribution in [2.45, 2.75) is 38.3 Å². The fraction of sp³-hybridized carbons (Fsp3) is 0.667. The number of carboxylic acid groups (broad SMARTS) is 1. The van der Waals surface area contributed by atoms with Crippen molar-refractivity contribution >= 4 is 5.97 Å². The van der Waals surface area contributed by atoms with E-state index in [1.54, 1.807) is 6.92 Å². The number of rotatable bonds is 4. The summed E-state index contributed by atoms with van der Waals surface area (Å²) in [5, 5.41) is 25.6. The zero-order chi connectivity index (χ0) is 11.0. The third-order valence-electron chi connectivity index (χ3n) is 2.38. The number of carbonyl (C=O) groups is 1. The first-order valence-electron chi connectivity index (χ1n) is 4.94. The van der Waals surface area contributed by atoms with Crippen molar-refractivity contribution in [2.75, 3.05) is 0 Å². The highest BCUT2D eigenvalue weighted by atomic mass is 16.4. The van der Waals surface area contributed by atoms with E-state index in [9.17, 15) is 9.90 Å². The molecule has 6 heteroatoms. The summed E-state index contributed by atoms with van der Waals surface area (Å²) < 4.78 is 1.51. The average Bonchev–Trinajstić information content (AvgIpc) is 2.87. The fourth-order valence-corrected chi connectivity index (χ4v) is 1.62. The molecule has 1 aliphatic rings. The van der Waals surface area contributed by atoms with Gasteiger partial charge in [0.25, 0.3) is 0 Å². The van der Waals surface area contributed by atoms with E-state index in [-0.39, 0.29) is 11.6 Å². The molecule has 1 atom stereocenters. The SMILES string of the molecule is CC(O)Cn1nnc(C(=O)O)c1C1CC1. The number of aromatic carboxylic acids is 1. The smallest absolute Gasteiger partial charge is 0.358 e. The summed E-state index contributed by atoms with van der Waals surface area (Å²) in [5.41, 5.74) is 0.682. The molecule has 1 aromatic heterocycles. The van der Waals surface area contributed by atoms with Gasteiger partial charge in [0.1, 0.15) is 0 Å². The van der Waals surface area contributed by atoms with Gasteiger partial charge in [0.15, 0.2) is 5.69 Å². The van der Waals surface area contributed by atoms with E-state index in [1.165, 1.54) is 4.68 Å². The second-order valence-corrected chi connectivity index (χ2v) is 3.93. The summed E-state index contributed by atoms with van der Waals surface area (Å²) in [6, 6.07) is 0. The van der Waals surface area contributed by atoms with Gasteiger partial charge in [-0.3, -0.25) is 0 Å². The maximum Gasteiger partial charge on any atom is 0.358 e. The zero-order valence-corrected chi connectivity index (χ0v) is 8.42. The molecule has 1 heterocycles. The van der Waals surface area contributed by atoms with E-state index in [0.717, 1.165) is 12.8 Å². The minimum atomic E-state index is -1.05. The molecule has 0 radical (unpaired) electrons. The lowest BCUT2D eigenvalue weighted by molar-refractivity contribution is 0.0688. The summed E-state index contributed by atoms with van der Waals surface area (Å²) in [5.74, 6) is -0.793. The molecule has 1 unspecified atom stereocenters. The third kappa shape index (κ3) is 1.99. The lowest BCUT2D eigenvalue weighted by Crippen LogP contribution is -2.16. The molecule has 2 rings (SSSR count). The topological polar surface area (TPSA) is 88.2 Å². The number of aliphatic hydroxyl groups is 1. The van der Waals surface area contributed by atoms with Crippen molar-refractivity contribution < 1.29 is 15.0 Å². The summed E-state index contributed by atoms with van der Waals surface area (Å²) in [4.78, 5) is 10.9. The first-order chi connectivity index (χ1) is 7.09. The molecular weight excluding hydrogens is 198 g/mol. The standard InChI is InChI=1S/C9H13N3O3/c1-5(13)4-12-8(6-2-3-6)7(9(14)15)10-11-12/h5-6,13H,2-4H2,1H3,(H,14,15). The van der Waals surface area contributed by atoms with E-state index in [1.807, 2.05) is 0 Å². The van der Waals surface area contributed by atoms with Crippen LogP contribution in [0.1, 0.15) is 41.9 Å². The summed E-state index contributed by atoms with van der Waals surface area (Å²) in [7, 11) is 0. The molecular formula is C9H13N3O3. The number of nitrogens with zero attached hydrogens (tertiary/aromatic N) is 3. The van der Waals surface area contributed by atoms with Gasteiger partial charge in [0.05, 0.1) is 18.3 Å². The molecule has 0 aromatic carbocycles. The first-order valence-corrected chi connectivity index (χ1v) is 4.94. The summed E-state index contributed by atoms with van der Waals surface area (Å²) in [6.45, 7) is 1.94. The Morgan fingerprint density at radius 3 is 2.80 bits per heavy atom. The Morgan fingerprint density at radius 1 is 1.67 bits per heavy atom. The Labute approximate surface area is 86.5 Å². The molecule has 15 heavy (non-hydrogen) atoms. The molecule has 1 saturated carbocycles. The van der Waals surface area contributed by atoms with Gasteiger partial charge in [-0.15, -0.1) is 5.10 Å². The Morgan fingerprint density at radius 2 is 2.33 bits per heavy atom. The number of aromatic nitrogens is 3. The van der Waals surface area contributed by atoms with Crippen molar-refractivity contribution in [3.63, 3.8) is 0 Å². The van der Waals surface area contributed by atoms with Crippen LogP contribution in [0.2, 0.25) is 0 Å². The predicted molar refractivity (Wildman–Crippen MR) is 50.6 cm³/mol. The van der Waals surface area contributed by atoms with E-state index < -0.39 is 12.1 Å².